The van der Waals surface area contributed by atoms with Crippen molar-refractivity contribution in [2.24, 2.45) is 23.7 Å². The van der Waals surface area contributed by atoms with Crippen LogP contribution in [0.1, 0.15) is 39.5 Å². The zero-order chi connectivity index (χ0) is 17.2. The molecule has 0 N–H and O–H groups in total. The normalized spacial score (nSPS) is 51.0. The molecule has 5 aliphatic rings. The molecule has 1 spiro atoms. The molecule has 0 radical (unpaired) electrons. The second-order valence-electron chi connectivity index (χ2n) is 7.99. The van der Waals surface area contributed by atoms with E-state index in [2.05, 4.69) is 6.92 Å². The van der Waals surface area contributed by atoms with Crippen molar-refractivity contribution in [1.29, 1.82) is 0 Å². The Balaban J connectivity index is 1.66. The standard InChI is InChI=1S/C16H26O7S/c1-10-4-5-13-11(9-20-24(3,17)18)8-19-14-16(13)12(10)6-7-15(2,21-14)22-23-16/h10-14H,4-9H2,1-3H3/t10-,11-,12+,13+,14-,15+,16-/m1/s1. The molecule has 1 saturated carbocycles. The summed E-state index contributed by atoms with van der Waals surface area (Å²) in [6, 6.07) is 0. The van der Waals surface area contributed by atoms with E-state index in [0.717, 1.165) is 31.9 Å². The highest BCUT2D eigenvalue weighted by molar-refractivity contribution is 7.85. The minimum absolute atomic E-state index is 0.0550. The van der Waals surface area contributed by atoms with Crippen LogP contribution in [0.25, 0.3) is 0 Å². The molecule has 8 heteroatoms. The van der Waals surface area contributed by atoms with Gasteiger partial charge < -0.3 is 9.47 Å². The van der Waals surface area contributed by atoms with Crippen molar-refractivity contribution >= 4 is 10.1 Å². The van der Waals surface area contributed by atoms with Gasteiger partial charge in [-0.15, -0.1) is 0 Å². The third-order valence-electron chi connectivity index (χ3n) is 6.30. The minimum atomic E-state index is -3.48. The van der Waals surface area contributed by atoms with Crippen LogP contribution in [0.4, 0.5) is 0 Å². The van der Waals surface area contributed by atoms with Crippen LogP contribution in [0.15, 0.2) is 0 Å². The van der Waals surface area contributed by atoms with Gasteiger partial charge in [-0.2, -0.15) is 8.42 Å². The van der Waals surface area contributed by atoms with Gasteiger partial charge >= 0.3 is 0 Å². The molecule has 4 saturated heterocycles. The number of rotatable bonds is 3. The molecule has 7 atom stereocenters. The van der Waals surface area contributed by atoms with E-state index in [4.69, 9.17) is 23.4 Å². The van der Waals surface area contributed by atoms with Crippen LogP contribution >= 0.6 is 0 Å². The van der Waals surface area contributed by atoms with Crippen LogP contribution in [0, 0.1) is 23.7 Å². The maximum atomic E-state index is 11.4. The molecular formula is C16H26O7S. The molecule has 0 aromatic carbocycles. The first kappa shape index (κ1) is 17.2. The molecule has 0 aromatic rings. The number of fused-ring (bicyclic) bond motifs is 2. The summed E-state index contributed by atoms with van der Waals surface area (Å²) in [5, 5.41) is 0. The third kappa shape index (κ3) is 2.62. The van der Waals surface area contributed by atoms with E-state index >= 15 is 0 Å². The monoisotopic (exact) mass is 362 g/mol. The van der Waals surface area contributed by atoms with E-state index in [1.807, 2.05) is 6.92 Å². The lowest BCUT2D eigenvalue weighted by atomic mass is 9.58. The molecule has 4 aliphatic heterocycles. The van der Waals surface area contributed by atoms with Crippen molar-refractivity contribution in [3.63, 3.8) is 0 Å². The van der Waals surface area contributed by atoms with Crippen LogP contribution in [-0.4, -0.2) is 45.6 Å². The second kappa shape index (κ2) is 5.62. The fourth-order valence-corrected chi connectivity index (χ4v) is 5.52. The lowest BCUT2D eigenvalue weighted by molar-refractivity contribution is -0.567. The first-order valence-corrected chi connectivity index (χ1v) is 10.6. The fourth-order valence-electron chi connectivity index (χ4n) is 5.10. The van der Waals surface area contributed by atoms with Crippen LogP contribution in [0.2, 0.25) is 0 Å². The fraction of sp³-hybridized carbons (Fsp3) is 1.00. The van der Waals surface area contributed by atoms with Gasteiger partial charge in [-0.1, -0.05) is 6.92 Å². The summed E-state index contributed by atoms with van der Waals surface area (Å²) in [6.45, 7) is 4.65. The molecule has 2 bridgehead atoms. The Kier molecular flexibility index (Phi) is 4.02. The smallest absolute Gasteiger partial charge is 0.264 e. The lowest BCUT2D eigenvalue weighted by Gasteiger charge is -2.59. The molecule has 0 aromatic heterocycles. The predicted octanol–water partition coefficient (Wildman–Crippen LogP) is 1.82. The van der Waals surface area contributed by atoms with E-state index < -0.39 is 27.8 Å². The first-order valence-electron chi connectivity index (χ1n) is 8.74. The van der Waals surface area contributed by atoms with Gasteiger partial charge in [0.2, 0.25) is 5.79 Å². The van der Waals surface area contributed by atoms with Gasteiger partial charge in [-0.3, -0.25) is 4.18 Å². The van der Waals surface area contributed by atoms with Crippen molar-refractivity contribution in [1.82, 2.24) is 0 Å². The van der Waals surface area contributed by atoms with E-state index in [1.165, 1.54) is 0 Å². The topological polar surface area (TPSA) is 80.3 Å². The molecule has 5 rings (SSSR count). The summed E-state index contributed by atoms with van der Waals surface area (Å²) in [6.07, 6.45) is 4.34. The van der Waals surface area contributed by atoms with Gasteiger partial charge in [-0.05, 0) is 38.0 Å². The number of ether oxygens (including phenoxy) is 2. The average molecular weight is 362 g/mol. The summed E-state index contributed by atoms with van der Waals surface area (Å²) >= 11 is 0. The van der Waals surface area contributed by atoms with Crippen LogP contribution in [0.5, 0.6) is 0 Å². The quantitative estimate of drug-likeness (QED) is 0.560. The minimum Gasteiger partial charge on any atom is -0.349 e. The molecular weight excluding hydrogens is 336 g/mol. The summed E-state index contributed by atoms with van der Waals surface area (Å²) < 4.78 is 40.0. The van der Waals surface area contributed by atoms with E-state index in [-0.39, 0.29) is 24.4 Å². The summed E-state index contributed by atoms with van der Waals surface area (Å²) in [7, 11) is -3.48. The molecule has 24 heavy (non-hydrogen) atoms. The summed E-state index contributed by atoms with van der Waals surface area (Å²) in [5.41, 5.74) is -0.669. The summed E-state index contributed by atoms with van der Waals surface area (Å²) in [5.74, 6) is 0.0248. The molecule has 7 nitrogen and oxygen atoms in total. The Labute approximate surface area is 143 Å². The Hall–Kier alpha value is -0.250. The zero-order valence-electron chi connectivity index (χ0n) is 14.4. The first-order chi connectivity index (χ1) is 11.2. The van der Waals surface area contributed by atoms with Crippen molar-refractivity contribution < 1.29 is 31.8 Å². The van der Waals surface area contributed by atoms with Crippen LogP contribution < -0.4 is 0 Å². The Morgan fingerprint density at radius 2 is 1.96 bits per heavy atom. The third-order valence-corrected chi connectivity index (χ3v) is 6.87. The van der Waals surface area contributed by atoms with Crippen molar-refractivity contribution in [2.75, 3.05) is 19.5 Å². The van der Waals surface area contributed by atoms with Gasteiger partial charge in [0.25, 0.3) is 10.1 Å². The Bertz CT molecular complexity index is 608. The molecule has 4 heterocycles. The van der Waals surface area contributed by atoms with Crippen LogP contribution in [0.3, 0.4) is 0 Å². The highest BCUT2D eigenvalue weighted by atomic mass is 32.2. The highest BCUT2D eigenvalue weighted by Gasteiger charge is 2.68. The summed E-state index contributed by atoms with van der Waals surface area (Å²) in [4.78, 5) is 11.7. The van der Waals surface area contributed by atoms with Crippen molar-refractivity contribution in [2.45, 2.75) is 57.2 Å². The molecule has 138 valence electrons. The van der Waals surface area contributed by atoms with E-state index in [0.29, 0.717) is 12.5 Å². The van der Waals surface area contributed by atoms with Gasteiger partial charge in [0.1, 0.15) is 0 Å². The number of hydrogen-bond donors (Lipinski definition) is 0. The Morgan fingerprint density at radius 1 is 1.17 bits per heavy atom. The van der Waals surface area contributed by atoms with E-state index in [9.17, 15) is 8.42 Å². The van der Waals surface area contributed by atoms with Gasteiger partial charge in [0.15, 0.2) is 11.9 Å². The van der Waals surface area contributed by atoms with Crippen LogP contribution in [-0.2, 0) is 33.6 Å². The maximum absolute atomic E-state index is 11.4. The Morgan fingerprint density at radius 3 is 2.71 bits per heavy atom. The van der Waals surface area contributed by atoms with Gasteiger partial charge in [0.05, 0.1) is 19.5 Å². The van der Waals surface area contributed by atoms with Gasteiger partial charge in [-0.25, -0.2) is 9.78 Å². The van der Waals surface area contributed by atoms with Crippen molar-refractivity contribution in [3.8, 4) is 0 Å². The van der Waals surface area contributed by atoms with Crippen molar-refractivity contribution in [3.05, 3.63) is 0 Å². The largest absolute Gasteiger partial charge is 0.349 e. The predicted molar refractivity (Wildman–Crippen MR) is 83.0 cm³/mol. The zero-order valence-corrected chi connectivity index (χ0v) is 15.2. The SMILES string of the molecule is C[C@@H]1CC[C@H]2[C@@H](COS(C)(=O)=O)CO[C@@H]3O[C@]4(C)CC[C@@H]1[C@]32OO4. The molecule has 5 fully saturated rings. The molecule has 0 unspecified atom stereocenters. The van der Waals surface area contributed by atoms with Gasteiger partial charge in [0, 0.05) is 18.3 Å². The number of hydrogen-bond acceptors (Lipinski definition) is 7. The second-order valence-corrected chi connectivity index (χ2v) is 9.64. The highest BCUT2D eigenvalue weighted by Crippen LogP contribution is 2.59. The van der Waals surface area contributed by atoms with E-state index in [1.54, 1.807) is 0 Å². The molecule has 1 aliphatic carbocycles. The lowest BCUT2D eigenvalue weighted by Crippen LogP contribution is -2.69. The average Bonchev–Trinajstić information content (AvgIpc) is 2.73. The maximum Gasteiger partial charge on any atom is 0.264 e. The molecule has 0 amide bonds.